The number of nitrogens with two attached hydrogens (primary N) is 2. The number of nitrogens with zero attached hydrogens (tertiary/aromatic N) is 5. The fraction of sp³-hybridized carbons (Fsp3) is 0.296. The third-order valence-electron chi connectivity index (χ3n) is 6.56. The van der Waals surface area contributed by atoms with Crippen LogP contribution in [-0.4, -0.2) is 52.4 Å². The third kappa shape index (κ3) is 6.23. The van der Waals surface area contributed by atoms with Crippen molar-refractivity contribution in [2.24, 2.45) is 5.73 Å². The first kappa shape index (κ1) is 29.0. The zero-order chi connectivity index (χ0) is 27.5. The van der Waals surface area contributed by atoms with Crippen molar-refractivity contribution in [2.75, 3.05) is 36.1 Å². The lowest BCUT2D eigenvalue weighted by Gasteiger charge is -2.34. The van der Waals surface area contributed by atoms with Gasteiger partial charge in [-0.05, 0) is 37.1 Å². The number of hydrogen-bond acceptors (Lipinski definition) is 8. The Morgan fingerprint density at radius 1 is 1.18 bits per heavy atom. The molecule has 9 nitrogen and oxygen atoms in total. The van der Waals surface area contributed by atoms with Crippen LogP contribution in [0.25, 0.3) is 22.4 Å². The van der Waals surface area contributed by atoms with Crippen molar-refractivity contribution in [3.05, 3.63) is 60.8 Å². The molecule has 1 fully saturated rings. The molecule has 1 atom stereocenters. The molecular weight excluding hydrogens is 545 g/mol. The number of ether oxygens (including phenoxy) is 1. The maximum absolute atomic E-state index is 14.8. The second-order valence-electron chi connectivity index (χ2n) is 9.35. The molecule has 0 spiro atoms. The van der Waals surface area contributed by atoms with Gasteiger partial charge in [-0.15, -0.1) is 12.4 Å². The maximum atomic E-state index is 14.8. The molecule has 1 aromatic carbocycles. The van der Waals surface area contributed by atoms with Gasteiger partial charge in [-0.3, -0.25) is 4.68 Å². The minimum atomic E-state index is -2.51. The van der Waals surface area contributed by atoms with E-state index in [1.165, 1.54) is 17.9 Å². The van der Waals surface area contributed by atoms with E-state index in [9.17, 15) is 13.2 Å². The summed E-state index contributed by atoms with van der Waals surface area (Å²) in [4.78, 5) is 11.3. The summed E-state index contributed by atoms with van der Waals surface area (Å²) in [7, 11) is 1.45. The molecule has 0 amide bonds. The van der Waals surface area contributed by atoms with Gasteiger partial charge in [0.2, 0.25) is 0 Å². The van der Waals surface area contributed by atoms with Crippen LogP contribution in [-0.2, 0) is 6.54 Å². The summed E-state index contributed by atoms with van der Waals surface area (Å²) in [5.41, 5.74) is 15.4. The number of benzene rings is 1. The Hall–Kier alpha value is -4.03. The van der Waals surface area contributed by atoms with Gasteiger partial charge in [-0.1, -0.05) is 6.07 Å². The van der Waals surface area contributed by atoms with Gasteiger partial charge in [0, 0.05) is 54.4 Å². The second-order valence-corrected chi connectivity index (χ2v) is 9.35. The number of aromatic nitrogens is 4. The van der Waals surface area contributed by atoms with Crippen molar-refractivity contribution >= 4 is 35.4 Å². The SMILES string of the molecule is COc1cccc(F)c1-c1nc(Nc2cc(N3CCC[C@H](N)C3)c(-c3cnn(CC(F)F)c3)cn2)ccc1N.Cl. The lowest BCUT2D eigenvalue weighted by molar-refractivity contribution is 0.122. The fourth-order valence-electron chi connectivity index (χ4n) is 4.75. The summed E-state index contributed by atoms with van der Waals surface area (Å²) < 4.78 is 47.1. The Bertz CT molecular complexity index is 1470. The summed E-state index contributed by atoms with van der Waals surface area (Å²) in [5, 5.41) is 7.26. The minimum Gasteiger partial charge on any atom is -0.496 e. The van der Waals surface area contributed by atoms with Crippen LogP contribution in [0.3, 0.4) is 0 Å². The standard InChI is InChI=1S/C27H29F3N8O.ClH/c1-39-22-6-2-5-19(28)26(22)27-20(32)7-8-24(36-27)35-25-10-21(37-9-3-4-17(31)14-37)18(12-33-25)16-11-34-38(13-16)15-23(29)30;/h2,5-8,10-13,17,23H,3-4,9,14-15,31-32H2,1H3,(H,33,35,36);1H/t17-;/m0./s1. The van der Waals surface area contributed by atoms with E-state index in [0.29, 0.717) is 29.5 Å². The van der Waals surface area contributed by atoms with Crippen LogP contribution >= 0.6 is 12.4 Å². The molecule has 1 aliphatic heterocycles. The number of nitrogens with one attached hydrogen (secondary N) is 1. The number of nitrogen functional groups attached to an aromatic ring is 1. The van der Waals surface area contributed by atoms with Gasteiger partial charge in [0.05, 0.1) is 24.6 Å². The van der Waals surface area contributed by atoms with Crippen LogP contribution in [0.4, 0.5) is 36.2 Å². The second kappa shape index (κ2) is 12.4. The van der Waals surface area contributed by atoms with Gasteiger partial charge < -0.3 is 26.4 Å². The summed E-state index contributed by atoms with van der Waals surface area (Å²) in [6.45, 7) is 0.931. The van der Waals surface area contributed by atoms with Crippen LogP contribution in [0.5, 0.6) is 5.75 Å². The summed E-state index contributed by atoms with van der Waals surface area (Å²) in [6, 6.07) is 9.68. The molecule has 0 saturated carbocycles. The Labute approximate surface area is 235 Å². The molecule has 3 aromatic heterocycles. The van der Waals surface area contributed by atoms with Gasteiger partial charge >= 0.3 is 0 Å². The van der Waals surface area contributed by atoms with Crippen molar-refractivity contribution in [1.82, 2.24) is 19.7 Å². The largest absolute Gasteiger partial charge is 0.496 e. The highest BCUT2D eigenvalue weighted by Gasteiger charge is 2.22. The van der Waals surface area contributed by atoms with E-state index in [4.69, 9.17) is 16.2 Å². The van der Waals surface area contributed by atoms with E-state index >= 15 is 0 Å². The van der Waals surface area contributed by atoms with Crippen LogP contribution in [0.15, 0.2) is 55.0 Å². The molecule has 0 radical (unpaired) electrons. The average molecular weight is 575 g/mol. The molecule has 4 aromatic rings. The number of piperidine rings is 1. The van der Waals surface area contributed by atoms with E-state index in [0.717, 1.165) is 30.6 Å². The molecule has 40 heavy (non-hydrogen) atoms. The van der Waals surface area contributed by atoms with Gasteiger partial charge in [0.15, 0.2) is 0 Å². The Morgan fingerprint density at radius 3 is 2.75 bits per heavy atom. The lowest BCUT2D eigenvalue weighted by atomic mass is 10.0. The van der Waals surface area contributed by atoms with Crippen molar-refractivity contribution < 1.29 is 17.9 Å². The van der Waals surface area contributed by atoms with Crippen LogP contribution < -0.4 is 26.4 Å². The molecule has 1 saturated heterocycles. The highest BCUT2D eigenvalue weighted by molar-refractivity contribution is 5.85. The molecule has 4 heterocycles. The van der Waals surface area contributed by atoms with E-state index in [1.807, 2.05) is 6.07 Å². The first-order chi connectivity index (χ1) is 18.8. The predicted octanol–water partition coefficient (Wildman–Crippen LogP) is 5.10. The van der Waals surface area contributed by atoms with Crippen LogP contribution in [0.2, 0.25) is 0 Å². The van der Waals surface area contributed by atoms with E-state index in [2.05, 4.69) is 25.3 Å². The maximum Gasteiger partial charge on any atom is 0.257 e. The number of halogens is 4. The summed E-state index contributed by atoms with van der Waals surface area (Å²) in [6.07, 6.45) is 4.13. The van der Waals surface area contributed by atoms with Gasteiger partial charge in [0.1, 0.15) is 35.4 Å². The molecule has 0 unspecified atom stereocenters. The van der Waals surface area contributed by atoms with Crippen molar-refractivity contribution in [3.8, 4) is 28.1 Å². The molecule has 13 heteroatoms. The highest BCUT2D eigenvalue weighted by Crippen LogP contribution is 2.37. The summed E-state index contributed by atoms with van der Waals surface area (Å²) >= 11 is 0. The van der Waals surface area contributed by atoms with E-state index in [-0.39, 0.29) is 35.4 Å². The van der Waals surface area contributed by atoms with E-state index in [1.54, 1.807) is 42.9 Å². The molecule has 212 valence electrons. The highest BCUT2D eigenvalue weighted by atomic mass is 35.5. The topological polar surface area (TPSA) is 120 Å². The first-order valence-corrected chi connectivity index (χ1v) is 12.5. The van der Waals surface area contributed by atoms with Gasteiger partial charge in [-0.2, -0.15) is 5.10 Å². The molecule has 1 aliphatic rings. The Kier molecular flexibility index (Phi) is 9.00. The van der Waals surface area contributed by atoms with Crippen molar-refractivity contribution in [2.45, 2.75) is 31.9 Å². The predicted molar refractivity (Wildman–Crippen MR) is 152 cm³/mol. The van der Waals surface area contributed by atoms with Crippen LogP contribution in [0.1, 0.15) is 12.8 Å². The zero-order valence-electron chi connectivity index (χ0n) is 21.7. The fourth-order valence-corrected chi connectivity index (χ4v) is 4.75. The van der Waals surface area contributed by atoms with Crippen molar-refractivity contribution in [1.29, 1.82) is 0 Å². The zero-order valence-corrected chi connectivity index (χ0v) is 22.5. The average Bonchev–Trinajstić information content (AvgIpc) is 3.37. The Balaban J connectivity index is 0.00000370. The van der Waals surface area contributed by atoms with Crippen LogP contribution in [0, 0.1) is 5.82 Å². The normalized spacial score (nSPS) is 15.2. The third-order valence-corrected chi connectivity index (χ3v) is 6.56. The molecule has 0 bridgehead atoms. The van der Waals surface area contributed by atoms with Crippen molar-refractivity contribution in [3.63, 3.8) is 0 Å². The van der Waals surface area contributed by atoms with Gasteiger partial charge in [0.25, 0.3) is 6.43 Å². The summed E-state index contributed by atoms with van der Waals surface area (Å²) in [5.74, 6) is 0.682. The molecule has 5 rings (SSSR count). The van der Waals surface area contributed by atoms with Gasteiger partial charge in [-0.25, -0.2) is 23.1 Å². The Morgan fingerprint density at radius 2 is 2.00 bits per heavy atom. The number of anilines is 4. The number of hydrogen-bond donors (Lipinski definition) is 3. The smallest absolute Gasteiger partial charge is 0.257 e. The molecule has 0 aliphatic carbocycles. The first-order valence-electron chi connectivity index (χ1n) is 12.5. The monoisotopic (exact) mass is 574 g/mol. The lowest BCUT2D eigenvalue weighted by Crippen LogP contribution is -2.43. The molecule has 5 N–H and O–H groups in total. The number of pyridine rings is 2. The van der Waals surface area contributed by atoms with E-state index < -0.39 is 18.8 Å². The quantitative estimate of drug-likeness (QED) is 0.266. The minimum absolute atomic E-state index is 0. The number of rotatable bonds is 8. The molecular formula is C27H30ClF3N8O. The number of methoxy groups -OCH3 is 1. The number of alkyl halides is 2.